The Bertz CT molecular complexity index is 310. The van der Waals surface area contributed by atoms with Crippen LogP contribution in [-0.2, 0) is 9.59 Å². The third-order valence-electron chi connectivity index (χ3n) is 3.48. The summed E-state index contributed by atoms with van der Waals surface area (Å²) in [5, 5.41) is 8.85. The van der Waals surface area contributed by atoms with Crippen LogP contribution in [0, 0.1) is 11.8 Å². The number of carbonyl (C=O) groups excluding carboxylic acids is 1. The summed E-state index contributed by atoms with van der Waals surface area (Å²) in [5.41, 5.74) is 0. The van der Waals surface area contributed by atoms with E-state index in [4.69, 9.17) is 5.11 Å². The summed E-state index contributed by atoms with van der Waals surface area (Å²) < 4.78 is 0. The third-order valence-corrected chi connectivity index (χ3v) is 3.48. The number of carboxylic acid groups (broad SMARTS) is 1. The highest BCUT2D eigenvalue weighted by atomic mass is 16.4. The van der Waals surface area contributed by atoms with Crippen molar-refractivity contribution in [3.8, 4) is 0 Å². The minimum atomic E-state index is -0.873. The van der Waals surface area contributed by atoms with Crippen LogP contribution < -0.4 is 0 Å². The molecular formula is C14H26N2O3. The molecule has 19 heavy (non-hydrogen) atoms. The monoisotopic (exact) mass is 270 g/mol. The lowest BCUT2D eigenvalue weighted by Crippen LogP contribution is -2.47. The third kappa shape index (κ3) is 5.59. The highest BCUT2D eigenvalue weighted by molar-refractivity contribution is 5.79. The summed E-state index contributed by atoms with van der Waals surface area (Å²) in [6, 6.07) is 0. The summed E-state index contributed by atoms with van der Waals surface area (Å²) in [5.74, 6) is 0.258. The van der Waals surface area contributed by atoms with Gasteiger partial charge >= 0.3 is 5.97 Å². The van der Waals surface area contributed by atoms with Gasteiger partial charge in [0.2, 0.25) is 5.91 Å². The standard InChI is InChI=1S/C14H26N2O3/c1-4-5-15(10-14(18)19)9-13(17)16-7-11(2)6-12(3)8-16/h11-12H,4-10H2,1-3H3,(H,18,19). The molecule has 5 heteroatoms. The lowest BCUT2D eigenvalue weighted by molar-refractivity contribution is -0.140. The van der Waals surface area contributed by atoms with Gasteiger partial charge in [-0.15, -0.1) is 0 Å². The SMILES string of the molecule is CCCN(CC(=O)O)CC(=O)N1CC(C)CC(C)C1. The van der Waals surface area contributed by atoms with Crippen molar-refractivity contribution in [2.45, 2.75) is 33.6 Å². The second-order valence-electron chi connectivity index (χ2n) is 5.85. The fourth-order valence-electron chi connectivity index (χ4n) is 2.88. The Kier molecular flexibility index (Phi) is 6.28. The van der Waals surface area contributed by atoms with E-state index in [1.165, 1.54) is 0 Å². The lowest BCUT2D eigenvalue weighted by atomic mass is 9.92. The van der Waals surface area contributed by atoms with Gasteiger partial charge in [-0.25, -0.2) is 0 Å². The molecule has 2 unspecified atom stereocenters. The first-order valence-corrected chi connectivity index (χ1v) is 7.14. The number of carboxylic acids is 1. The van der Waals surface area contributed by atoms with Gasteiger partial charge in [-0.05, 0) is 31.2 Å². The van der Waals surface area contributed by atoms with Crippen LogP contribution in [0.5, 0.6) is 0 Å². The maximum absolute atomic E-state index is 12.2. The highest BCUT2D eigenvalue weighted by Crippen LogP contribution is 2.21. The van der Waals surface area contributed by atoms with E-state index in [1.54, 1.807) is 4.90 Å². The van der Waals surface area contributed by atoms with Crippen LogP contribution in [-0.4, -0.2) is 59.5 Å². The minimum absolute atomic E-state index is 0.0570. The van der Waals surface area contributed by atoms with Crippen LogP contribution in [0.2, 0.25) is 0 Å². The van der Waals surface area contributed by atoms with Gasteiger partial charge in [-0.2, -0.15) is 0 Å². The van der Waals surface area contributed by atoms with Crippen LogP contribution in [0.1, 0.15) is 33.6 Å². The molecule has 1 aliphatic heterocycles. The molecule has 1 fully saturated rings. The quantitative estimate of drug-likeness (QED) is 0.790. The Morgan fingerprint density at radius 3 is 2.26 bits per heavy atom. The zero-order valence-corrected chi connectivity index (χ0v) is 12.3. The van der Waals surface area contributed by atoms with E-state index in [0.717, 1.165) is 25.9 Å². The summed E-state index contributed by atoms with van der Waals surface area (Å²) >= 11 is 0. The van der Waals surface area contributed by atoms with E-state index < -0.39 is 5.97 Å². The number of hydrogen-bond donors (Lipinski definition) is 1. The van der Waals surface area contributed by atoms with E-state index in [9.17, 15) is 9.59 Å². The average molecular weight is 270 g/mol. The number of nitrogens with zero attached hydrogens (tertiary/aromatic N) is 2. The Balaban J connectivity index is 2.52. The van der Waals surface area contributed by atoms with Crippen LogP contribution >= 0.6 is 0 Å². The molecule has 1 saturated heterocycles. The second-order valence-corrected chi connectivity index (χ2v) is 5.85. The first-order valence-electron chi connectivity index (χ1n) is 7.14. The highest BCUT2D eigenvalue weighted by Gasteiger charge is 2.26. The fraction of sp³-hybridized carbons (Fsp3) is 0.857. The molecule has 0 radical (unpaired) electrons. The first kappa shape index (κ1) is 16.0. The van der Waals surface area contributed by atoms with Crippen molar-refractivity contribution >= 4 is 11.9 Å². The van der Waals surface area contributed by atoms with Crippen molar-refractivity contribution in [3.05, 3.63) is 0 Å². The Hall–Kier alpha value is -1.10. The smallest absolute Gasteiger partial charge is 0.317 e. The fourth-order valence-corrected chi connectivity index (χ4v) is 2.88. The van der Waals surface area contributed by atoms with Gasteiger partial charge in [-0.3, -0.25) is 14.5 Å². The molecule has 0 spiro atoms. The summed E-state index contributed by atoms with van der Waals surface area (Å²) in [6.45, 7) is 8.74. The van der Waals surface area contributed by atoms with E-state index in [0.29, 0.717) is 18.4 Å². The zero-order chi connectivity index (χ0) is 14.4. The predicted octanol–water partition coefficient (Wildman–Crippen LogP) is 1.29. The Morgan fingerprint density at radius 1 is 1.21 bits per heavy atom. The molecule has 0 bridgehead atoms. The number of amides is 1. The van der Waals surface area contributed by atoms with Gasteiger partial charge in [-0.1, -0.05) is 20.8 Å². The maximum atomic E-state index is 12.2. The maximum Gasteiger partial charge on any atom is 0.317 e. The number of aliphatic carboxylic acids is 1. The molecule has 110 valence electrons. The number of piperidine rings is 1. The number of carbonyl (C=O) groups is 2. The molecule has 0 aromatic rings. The molecule has 1 rings (SSSR count). The molecule has 0 aromatic heterocycles. The van der Waals surface area contributed by atoms with Gasteiger partial charge in [0, 0.05) is 13.1 Å². The summed E-state index contributed by atoms with van der Waals surface area (Å²) in [6.07, 6.45) is 2.02. The Morgan fingerprint density at radius 2 is 1.79 bits per heavy atom. The van der Waals surface area contributed by atoms with Gasteiger partial charge in [0.1, 0.15) is 0 Å². The lowest BCUT2D eigenvalue weighted by Gasteiger charge is -2.36. The van der Waals surface area contributed by atoms with Crippen molar-refractivity contribution in [2.75, 3.05) is 32.7 Å². The Labute approximate surface area is 115 Å². The topological polar surface area (TPSA) is 60.9 Å². The van der Waals surface area contributed by atoms with Crippen molar-refractivity contribution in [3.63, 3.8) is 0 Å². The summed E-state index contributed by atoms with van der Waals surface area (Å²) in [7, 11) is 0. The first-order chi connectivity index (χ1) is 8.92. The van der Waals surface area contributed by atoms with Crippen molar-refractivity contribution < 1.29 is 14.7 Å². The number of rotatable bonds is 6. The molecule has 0 saturated carbocycles. The average Bonchev–Trinajstić information content (AvgIpc) is 2.26. The number of hydrogen-bond acceptors (Lipinski definition) is 3. The van der Waals surface area contributed by atoms with Crippen molar-refractivity contribution in [1.29, 1.82) is 0 Å². The van der Waals surface area contributed by atoms with E-state index in [2.05, 4.69) is 13.8 Å². The van der Waals surface area contributed by atoms with Crippen molar-refractivity contribution in [1.82, 2.24) is 9.80 Å². The molecule has 5 nitrogen and oxygen atoms in total. The molecule has 2 atom stereocenters. The molecule has 1 aliphatic rings. The van der Waals surface area contributed by atoms with Crippen LogP contribution in [0.4, 0.5) is 0 Å². The second kappa shape index (κ2) is 7.48. The minimum Gasteiger partial charge on any atom is -0.480 e. The van der Waals surface area contributed by atoms with Crippen molar-refractivity contribution in [2.24, 2.45) is 11.8 Å². The van der Waals surface area contributed by atoms with Gasteiger partial charge < -0.3 is 10.0 Å². The predicted molar refractivity (Wildman–Crippen MR) is 73.9 cm³/mol. The van der Waals surface area contributed by atoms with Gasteiger partial charge in [0.05, 0.1) is 13.1 Å². The molecule has 1 amide bonds. The molecule has 0 aromatic carbocycles. The largest absolute Gasteiger partial charge is 0.480 e. The van der Waals surface area contributed by atoms with Crippen LogP contribution in [0.3, 0.4) is 0 Å². The molecule has 1 N–H and O–H groups in total. The van der Waals surface area contributed by atoms with Crippen LogP contribution in [0.25, 0.3) is 0 Å². The molecule has 0 aliphatic carbocycles. The molecule has 1 heterocycles. The van der Waals surface area contributed by atoms with Gasteiger partial charge in [0.25, 0.3) is 0 Å². The number of likely N-dealkylation sites (tertiary alicyclic amines) is 1. The van der Waals surface area contributed by atoms with E-state index in [-0.39, 0.29) is 19.0 Å². The van der Waals surface area contributed by atoms with E-state index >= 15 is 0 Å². The van der Waals surface area contributed by atoms with Gasteiger partial charge in [0.15, 0.2) is 0 Å². The summed E-state index contributed by atoms with van der Waals surface area (Å²) in [4.78, 5) is 26.6. The van der Waals surface area contributed by atoms with E-state index in [1.807, 2.05) is 11.8 Å². The zero-order valence-electron chi connectivity index (χ0n) is 12.3. The molecular weight excluding hydrogens is 244 g/mol. The van der Waals surface area contributed by atoms with Crippen LogP contribution in [0.15, 0.2) is 0 Å². The normalized spacial score (nSPS) is 23.7.